The number of halogens is 1. The number of nitriles is 1. The van der Waals surface area contributed by atoms with Gasteiger partial charge in [-0.3, -0.25) is 4.79 Å². The lowest BCUT2D eigenvalue weighted by Crippen LogP contribution is -2.13. The summed E-state index contributed by atoms with van der Waals surface area (Å²) < 4.78 is 11.3. The first-order valence-corrected chi connectivity index (χ1v) is 9.28. The van der Waals surface area contributed by atoms with E-state index in [2.05, 4.69) is 4.98 Å². The molecular formula is C22H19ClN2O3. The summed E-state index contributed by atoms with van der Waals surface area (Å²) in [6.45, 7) is 4.73. The zero-order chi connectivity index (χ0) is 20.1. The van der Waals surface area contributed by atoms with Crippen LogP contribution in [0.1, 0.15) is 19.4 Å². The summed E-state index contributed by atoms with van der Waals surface area (Å²) in [5, 5.41) is 10.2. The second kappa shape index (κ2) is 8.64. The summed E-state index contributed by atoms with van der Waals surface area (Å²) in [5.41, 5.74) is 2.04. The van der Waals surface area contributed by atoms with Crippen molar-refractivity contribution >= 4 is 11.6 Å². The van der Waals surface area contributed by atoms with Crippen molar-refractivity contribution in [2.75, 3.05) is 13.2 Å². The van der Waals surface area contributed by atoms with Gasteiger partial charge in [0.15, 0.2) is 0 Å². The van der Waals surface area contributed by atoms with Crippen molar-refractivity contribution < 1.29 is 9.47 Å². The number of hydrogen-bond donors (Lipinski definition) is 1. The molecule has 5 nitrogen and oxygen atoms in total. The second-order valence-corrected chi connectivity index (χ2v) is 6.38. The van der Waals surface area contributed by atoms with Gasteiger partial charge in [-0.2, -0.15) is 5.26 Å². The van der Waals surface area contributed by atoms with Crippen LogP contribution in [0.3, 0.4) is 0 Å². The van der Waals surface area contributed by atoms with E-state index in [-0.39, 0.29) is 5.56 Å². The fraction of sp³-hybridized carbons (Fsp3) is 0.182. The fourth-order valence-corrected chi connectivity index (χ4v) is 3.05. The molecule has 1 aromatic heterocycles. The summed E-state index contributed by atoms with van der Waals surface area (Å²) in [7, 11) is 0. The molecule has 0 atom stereocenters. The van der Waals surface area contributed by atoms with Gasteiger partial charge in [0.05, 0.1) is 13.2 Å². The molecule has 0 bridgehead atoms. The average Bonchev–Trinajstić information content (AvgIpc) is 2.69. The minimum absolute atomic E-state index is 0.0207. The van der Waals surface area contributed by atoms with E-state index < -0.39 is 5.56 Å². The van der Waals surface area contributed by atoms with Crippen LogP contribution in [0.5, 0.6) is 11.5 Å². The quantitative estimate of drug-likeness (QED) is 0.636. The van der Waals surface area contributed by atoms with Crippen LogP contribution in [-0.4, -0.2) is 18.2 Å². The zero-order valence-electron chi connectivity index (χ0n) is 15.6. The van der Waals surface area contributed by atoms with Gasteiger partial charge in [-0.15, -0.1) is 0 Å². The molecule has 0 radical (unpaired) electrons. The molecule has 0 spiro atoms. The molecule has 142 valence electrons. The third-order valence-corrected chi connectivity index (χ3v) is 4.40. The van der Waals surface area contributed by atoms with Crippen molar-refractivity contribution in [3.05, 3.63) is 69.5 Å². The zero-order valence-corrected chi connectivity index (χ0v) is 16.3. The molecule has 1 N–H and O–H groups in total. The van der Waals surface area contributed by atoms with E-state index in [0.717, 1.165) is 5.56 Å². The summed E-state index contributed by atoms with van der Waals surface area (Å²) in [4.78, 5) is 15.4. The molecule has 3 rings (SSSR count). The Hall–Kier alpha value is -3.23. The van der Waals surface area contributed by atoms with Crippen LogP contribution in [0.25, 0.3) is 22.4 Å². The lowest BCUT2D eigenvalue weighted by atomic mass is 9.98. The normalized spacial score (nSPS) is 10.4. The summed E-state index contributed by atoms with van der Waals surface area (Å²) >= 11 is 5.96. The van der Waals surface area contributed by atoms with Crippen molar-refractivity contribution in [2.45, 2.75) is 13.8 Å². The van der Waals surface area contributed by atoms with Gasteiger partial charge < -0.3 is 14.5 Å². The van der Waals surface area contributed by atoms with E-state index in [4.69, 9.17) is 21.1 Å². The van der Waals surface area contributed by atoms with E-state index in [1.165, 1.54) is 0 Å². The van der Waals surface area contributed by atoms with Gasteiger partial charge in [-0.1, -0.05) is 23.7 Å². The maximum atomic E-state index is 12.6. The molecule has 28 heavy (non-hydrogen) atoms. The highest BCUT2D eigenvalue weighted by atomic mass is 35.5. The van der Waals surface area contributed by atoms with Crippen LogP contribution in [0.2, 0.25) is 5.02 Å². The van der Waals surface area contributed by atoms with E-state index in [1.807, 2.05) is 32.0 Å². The standard InChI is InChI=1S/C22H19ClN2O3/c1-3-27-16-9-10-21(28-4-2)18(11-16)17-12-20(25-22(26)19(17)13-24)14-5-7-15(23)8-6-14/h5-12H,3-4H2,1-2H3,(H,25,26). The predicted octanol–water partition coefficient (Wildman–Crippen LogP) is 5.03. The van der Waals surface area contributed by atoms with E-state index in [1.54, 1.807) is 36.4 Å². The summed E-state index contributed by atoms with van der Waals surface area (Å²) in [5.74, 6) is 1.22. The van der Waals surface area contributed by atoms with Crippen LogP contribution < -0.4 is 15.0 Å². The van der Waals surface area contributed by atoms with Gasteiger partial charge in [0, 0.05) is 21.8 Å². The summed E-state index contributed by atoms with van der Waals surface area (Å²) in [6, 6.07) is 16.3. The average molecular weight is 395 g/mol. The number of aromatic amines is 1. The Morgan fingerprint density at radius 1 is 1.00 bits per heavy atom. The number of nitrogens with zero attached hydrogens (tertiary/aromatic N) is 1. The Kier molecular flexibility index (Phi) is 6.03. The van der Waals surface area contributed by atoms with Crippen LogP contribution in [0.15, 0.2) is 53.3 Å². The van der Waals surface area contributed by atoms with Crippen LogP contribution in [0.4, 0.5) is 0 Å². The number of benzene rings is 2. The SMILES string of the molecule is CCOc1ccc(OCC)c(-c2cc(-c3ccc(Cl)cc3)[nH]c(=O)c2C#N)c1. The highest BCUT2D eigenvalue weighted by molar-refractivity contribution is 6.30. The topological polar surface area (TPSA) is 75.1 Å². The smallest absolute Gasteiger partial charge is 0.266 e. The van der Waals surface area contributed by atoms with Gasteiger partial charge in [0.2, 0.25) is 0 Å². The van der Waals surface area contributed by atoms with E-state index in [9.17, 15) is 10.1 Å². The number of ether oxygens (including phenoxy) is 2. The third kappa shape index (κ3) is 4.03. The van der Waals surface area contributed by atoms with Crippen molar-refractivity contribution in [1.82, 2.24) is 4.98 Å². The first-order chi connectivity index (χ1) is 13.6. The van der Waals surface area contributed by atoms with Crippen LogP contribution in [-0.2, 0) is 0 Å². The molecule has 0 saturated heterocycles. The van der Waals surface area contributed by atoms with Crippen molar-refractivity contribution in [3.8, 4) is 40.0 Å². The molecule has 6 heteroatoms. The Balaban J connectivity index is 2.25. The number of H-pyrrole nitrogens is 1. The van der Waals surface area contributed by atoms with Crippen molar-refractivity contribution in [1.29, 1.82) is 5.26 Å². The highest BCUT2D eigenvalue weighted by Gasteiger charge is 2.17. The molecule has 0 fully saturated rings. The van der Waals surface area contributed by atoms with Gasteiger partial charge in [-0.05, 0) is 55.8 Å². The predicted molar refractivity (Wildman–Crippen MR) is 110 cm³/mol. The lowest BCUT2D eigenvalue weighted by Gasteiger charge is -2.14. The van der Waals surface area contributed by atoms with Crippen LogP contribution >= 0.6 is 11.6 Å². The van der Waals surface area contributed by atoms with Crippen LogP contribution in [0, 0.1) is 11.3 Å². The molecule has 0 aliphatic carbocycles. The lowest BCUT2D eigenvalue weighted by molar-refractivity contribution is 0.331. The summed E-state index contributed by atoms with van der Waals surface area (Å²) in [6.07, 6.45) is 0. The third-order valence-electron chi connectivity index (χ3n) is 4.15. The van der Waals surface area contributed by atoms with Crippen molar-refractivity contribution in [2.24, 2.45) is 0 Å². The van der Waals surface area contributed by atoms with E-state index >= 15 is 0 Å². The van der Waals surface area contributed by atoms with Gasteiger partial charge in [-0.25, -0.2) is 0 Å². The molecule has 0 amide bonds. The Labute approximate surface area is 168 Å². The first kappa shape index (κ1) is 19.5. The maximum absolute atomic E-state index is 12.6. The first-order valence-electron chi connectivity index (χ1n) is 8.90. The molecule has 3 aromatic rings. The molecule has 0 aliphatic heterocycles. The van der Waals surface area contributed by atoms with E-state index in [0.29, 0.717) is 46.6 Å². The molecule has 0 aliphatic rings. The van der Waals surface area contributed by atoms with Gasteiger partial charge in [0.25, 0.3) is 5.56 Å². The number of aromatic nitrogens is 1. The second-order valence-electron chi connectivity index (χ2n) is 5.94. The Morgan fingerprint density at radius 3 is 2.36 bits per heavy atom. The minimum atomic E-state index is -0.464. The number of pyridine rings is 1. The van der Waals surface area contributed by atoms with Crippen molar-refractivity contribution in [3.63, 3.8) is 0 Å². The Bertz CT molecular complexity index is 1080. The largest absolute Gasteiger partial charge is 0.494 e. The number of nitrogens with one attached hydrogen (secondary N) is 1. The monoisotopic (exact) mass is 394 g/mol. The highest BCUT2D eigenvalue weighted by Crippen LogP contribution is 2.36. The minimum Gasteiger partial charge on any atom is -0.494 e. The fourth-order valence-electron chi connectivity index (χ4n) is 2.93. The number of hydrogen-bond acceptors (Lipinski definition) is 4. The Morgan fingerprint density at radius 2 is 1.71 bits per heavy atom. The molecular weight excluding hydrogens is 376 g/mol. The molecule has 1 heterocycles. The van der Waals surface area contributed by atoms with Gasteiger partial charge >= 0.3 is 0 Å². The van der Waals surface area contributed by atoms with Gasteiger partial charge in [0.1, 0.15) is 23.1 Å². The molecule has 0 saturated carbocycles. The molecule has 2 aromatic carbocycles. The number of rotatable bonds is 6. The maximum Gasteiger partial charge on any atom is 0.266 e. The molecule has 0 unspecified atom stereocenters.